The van der Waals surface area contributed by atoms with Gasteiger partial charge in [-0.3, -0.25) is 4.79 Å². The molecule has 1 heterocycles. The average Bonchev–Trinajstić information content (AvgIpc) is 3.30. The van der Waals surface area contributed by atoms with E-state index in [0.717, 1.165) is 18.8 Å². The van der Waals surface area contributed by atoms with E-state index in [-0.39, 0.29) is 16.4 Å². The van der Waals surface area contributed by atoms with Crippen LogP contribution in [0.4, 0.5) is 0 Å². The molecule has 2 fully saturated rings. The van der Waals surface area contributed by atoms with Crippen molar-refractivity contribution in [2.75, 3.05) is 6.54 Å². The number of nitrogens with zero attached hydrogens (tertiary/aromatic N) is 1. The van der Waals surface area contributed by atoms with Gasteiger partial charge in [0.1, 0.15) is 0 Å². The van der Waals surface area contributed by atoms with Gasteiger partial charge >= 0.3 is 0 Å². The molecular weight excluding hydrogens is 557 g/mol. The van der Waals surface area contributed by atoms with E-state index in [1.807, 2.05) is 0 Å². The van der Waals surface area contributed by atoms with Gasteiger partial charge in [0.15, 0.2) is 0 Å². The summed E-state index contributed by atoms with van der Waals surface area (Å²) in [4.78, 5) is 13.0. The number of hydrogen-bond acceptors (Lipinski definition) is 2. The maximum absolute atomic E-state index is 13.0. The molecule has 3 unspecified atom stereocenters. The van der Waals surface area contributed by atoms with E-state index < -0.39 is 9.04 Å². The quantitative estimate of drug-likeness (QED) is 0.225. The molecule has 1 aromatic heterocycles. The van der Waals surface area contributed by atoms with Crippen molar-refractivity contribution in [3.8, 4) is 0 Å². The second kappa shape index (κ2) is 12.7. The van der Waals surface area contributed by atoms with Crippen molar-refractivity contribution in [2.45, 2.75) is 137 Å². The number of carbonyl (C=O) groups is 1. The summed E-state index contributed by atoms with van der Waals surface area (Å²) >= 11 is 0. The Hall–Kier alpha value is -1.85. The molecule has 5 heteroatoms. The average molecular weight is 618 g/mol. The van der Waals surface area contributed by atoms with E-state index in [9.17, 15) is 4.79 Å². The molecule has 243 valence electrons. The number of fused-ring (bicyclic) bond motifs is 4. The van der Waals surface area contributed by atoms with Gasteiger partial charge < -0.3 is 14.3 Å². The molecule has 2 aromatic rings. The monoisotopic (exact) mass is 617 g/mol. The SMILES string of the molecule is CC1=C(CCC(=O)NCCc2ccc3c(ccn3C)c2)C2CCC3C(C)(C)[C@@H](O[Si](C(C)C)C(C)(C)C)CC[C@]3(C)C2CC1. The standard InChI is InChI=1S/C39H61N2O2Si/c1-26(2)44(37(4,5)6)43-35-19-22-39(9)32-15-11-27(3)30(31(32)13-17-34(39)38(35,7)8)14-18-36(42)40-23-20-28-12-16-33-29(25-28)21-24-41(33)10/h12,16,21,24-26,31-32,34-35H,11,13-15,17-20,22-23H2,1-10H3,(H,40,42)/t31?,32?,34?,35-,39+/m0/s1. The zero-order valence-corrected chi connectivity index (χ0v) is 30.6. The lowest BCUT2D eigenvalue weighted by Crippen LogP contribution is -2.58. The second-order valence-electron chi connectivity index (χ2n) is 16.8. The van der Waals surface area contributed by atoms with Crippen molar-refractivity contribution in [2.24, 2.45) is 35.6 Å². The molecule has 2 saturated carbocycles. The number of aromatic nitrogens is 1. The molecule has 0 saturated heterocycles. The fourth-order valence-corrected chi connectivity index (χ4v) is 13.2. The van der Waals surface area contributed by atoms with E-state index in [2.05, 4.69) is 110 Å². The van der Waals surface area contributed by atoms with Gasteiger partial charge in [-0.1, -0.05) is 72.6 Å². The van der Waals surface area contributed by atoms with Crippen LogP contribution in [0.3, 0.4) is 0 Å². The maximum atomic E-state index is 13.0. The maximum Gasteiger partial charge on any atom is 0.220 e. The third kappa shape index (κ3) is 6.52. The Morgan fingerprint density at radius 3 is 2.55 bits per heavy atom. The number of rotatable bonds is 9. The van der Waals surface area contributed by atoms with Crippen molar-refractivity contribution < 1.29 is 9.22 Å². The van der Waals surface area contributed by atoms with Crippen molar-refractivity contribution in [3.05, 3.63) is 47.2 Å². The molecule has 1 N–H and O–H groups in total. The van der Waals surface area contributed by atoms with Crippen LogP contribution in [0.2, 0.25) is 10.6 Å². The van der Waals surface area contributed by atoms with Crippen molar-refractivity contribution in [3.63, 3.8) is 0 Å². The van der Waals surface area contributed by atoms with Gasteiger partial charge in [0.05, 0.1) is 6.10 Å². The van der Waals surface area contributed by atoms with E-state index in [0.29, 0.717) is 41.9 Å². The zero-order chi connectivity index (χ0) is 32.0. The predicted octanol–water partition coefficient (Wildman–Crippen LogP) is 9.78. The number of carbonyl (C=O) groups excluding carboxylic acids is 1. The number of nitrogens with one attached hydrogen (secondary N) is 1. The van der Waals surface area contributed by atoms with Crippen LogP contribution in [-0.4, -0.2) is 32.2 Å². The first-order valence-corrected chi connectivity index (χ1v) is 19.1. The minimum atomic E-state index is -0.934. The highest BCUT2D eigenvalue weighted by molar-refractivity contribution is 6.56. The van der Waals surface area contributed by atoms with Crippen LogP contribution in [0.5, 0.6) is 0 Å². The van der Waals surface area contributed by atoms with Gasteiger partial charge in [-0.2, -0.15) is 0 Å². The summed E-state index contributed by atoms with van der Waals surface area (Å²) in [7, 11) is 1.15. The molecule has 0 aliphatic heterocycles. The fourth-order valence-electron chi connectivity index (χ4n) is 10.1. The summed E-state index contributed by atoms with van der Waals surface area (Å²) in [5.41, 5.74) is 6.89. The largest absolute Gasteiger partial charge is 0.412 e. The third-order valence-corrected chi connectivity index (χ3v) is 15.3. The van der Waals surface area contributed by atoms with Crippen LogP contribution >= 0.6 is 0 Å². The summed E-state index contributed by atoms with van der Waals surface area (Å²) in [5.74, 6) is 2.28. The molecule has 1 amide bonds. The lowest BCUT2D eigenvalue weighted by molar-refractivity contribution is -0.144. The van der Waals surface area contributed by atoms with E-state index >= 15 is 0 Å². The van der Waals surface area contributed by atoms with Crippen LogP contribution in [0.25, 0.3) is 10.9 Å². The molecule has 5 rings (SSSR count). The van der Waals surface area contributed by atoms with Crippen LogP contribution in [-0.2, 0) is 22.7 Å². The molecule has 1 radical (unpaired) electrons. The van der Waals surface area contributed by atoms with E-state index in [1.165, 1.54) is 55.0 Å². The Balaban J connectivity index is 1.19. The summed E-state index contributed by atoms with van der Waals surface area (Å²) in [6, 6.07) is 8.80. The third-order valence-electron chi connectivity index (χ3n) is 12.2. The highest BCUT2D eigenvalue weighted by atomic mass is 28.3. The molecule has 4 nitrogen and oxygen atoms in total. The first kappa shape index (κ1) is 33.5. The number of aryl methyl sites for hydroxylation is 1. The van der Waals surface area contributed by atoms with Gasteiger partial charge in [-0.15, -0.1) is 0 Å². The van der Waals surface area contributed by atoms with Crippen molar-refractivity contribution >= 4 is 25.9 Å². The topological polar surface area (TPSA) is 43.3 Å². The number of allylic oxidation sites excluding steroid dienone is 2. The Morgan fingerprint density at radius 2 is 1.84 bits per heavy atom. The fraction of sp³-hybridized carbons (Fsp3) is 0.718. The minimum absolute atomic E-state index is 0.190. The molecule has 3 aliphatic carbocycles. The second-order valence-corrected chi connectivity index (χ2v) is 20.5. The van der Waals surface area contributed by atoms with Gasteiger partial charge in [0, 0.05) is 31.7 Å². The number of benzene rings is 1. The summed E-state index contributed by atoms with van der Waals surface area (Å²) in [5, 5.41) is 4.75. The molecule has 0 bridgehead atoms. The zero-order valence-electron chi connectivity index (χ0n) is 29.6. The van der Waals surface area contributed by atoms with Crippen LogP contribution in [0.15, 0.2) is 41.6 Å². The predicted molar refractivity (Wildman–Crippen MR) is 187 cm³/mol. The van der Waals surface area contributed by atoms with Gasteiger partial charge in [0.25, 0.3) is 0 Å². The summed E-state index contributed by atoms with van der Waals surface area (Å²) in [6.07, 6.45) is 12.4. The Kier molecular flexibility index (Phi) is 9.70. The molecule has 0 spiro atoms. The first-order valence-electron chi connectivity index (χ1n) is 17.7. The van der Waals surface area contributed by atoms with Crippen LogP contribution in [0, 0.1) is 28.6 Å². The minimum Gasteiger partial charge on any atom is -0.412 e. The van der Waals surface area contributed by atoms with Crippen LogP contribution < -0.4 is 5.32 Å². The molecular formula is C39H61N2O2Si. The number of hydrogen-bond donors (Lipinski definition) is 1. The first-order chi connectivity index (χ1) is 20.6. The van der Waals surface area contributed by atoms with Crippen LogP contribution in [0.1, 0.15) is 119 Å². The summed E-state index contributed by atoms with van der Waals surface area (Å²) < 4.78 is 9.34. The van der Waals surface area contributed by atoms with Crippen molar-refractivity contribution in [1.82, 2.24) is 9.88 Å². The van der Waals surface area contributed by atoms with E-state index in [4.69, 9.17) is 4.43 Å². The lowest BCUT2D eigenvalue weighted by atomic mass is 9.43. The smallest absolute Gasteiger partial charge is 0.220 e. The Labute approximate surface area is 270 Å². The van der Waals surface area contributed by atoms with Gasteiger partial charge in [-0.05, 0) is 127 Å². The Bertz CT molecular complexity index is 1360. The molecule has 3 aliphatic rings. The van der Waals surface area contributed by atoms with E-state index in [1.54, 1.807) is 11.1 Å². The highest BCUT2D eigenvalue weighted by Crippen LogP contribution is 2.65. The van der Waals surface area contributed by atoms with Gasteiger partial charge in [-0.25, -0.2) is 0 Å². The Morgan fingerprint density at radius 1 is 1.09 bits per heavy atom. The normalized spacial score (nSPS) is 28.8. The van der Waals surface area contributed by atoms with Crippen molar-refractivity contribution in [1.29, 1.82) is 0 Å². The number of amides is 1. The van der Waals surface area contributed by atoms with Gasteiger partial charge in [0.2, 0.25) is 14.9 Å². The molecule has 44 heavy (non-hydrogen) atoms. The molecule has 1 aromatic carbocycles. The lowest BCUT2D eigenvalue weighted by Gasteiger charge is -2.63. The molecule has 5 atom stereocenters. The highest BCUT2D eigenvalue weighted by Gasteiger charge is 2.59. The summed E-state index contributed by atoms with van der Waals surface area (Å²) in [6.45, 7) is 22.7.